The molecule has 0 saturated heterocycles. The molecular weight excluding hydrogens is 498 g/mol. The lowest BCUT2D eigenvalue weighted by Gasteiger charge is -2.21. The van der Waals surface area contributed by atoms with Crippen molar-refractivity contribution in [1.82, 2.24) is 9.97 Å². The Morgan fingerprint density at radius 2 is 1.12 bits per heavy atom. The zero-order valence-electron chi connectivity index (χ0n) is 23.0. The van der Waals surface area contributed by atoms with E-state index in [1.165, 1.54) is 11.1 Å². The van der Waals surface area contributed by atoms with E-state index in [4.69, 9.17) is 16.5 Å². The molecule has 1 aliphatic rings. The van der Waals surface area contributed by atoms with Crippen molar-refractivity contribution in [3.63, 3.8) is 0 Å². The van der Waals surface area contributed by atoms with Gasteiger partial charge in [-0.2, -0.15) is 0 Å². The van der Waals surface area contributed by atoms with Gasteiger partial charge in [0, 0.05) is 22.1 Å². The molecule has 1 aliphatic carbocycles. The van der Waals surface area contributed by atoms with Crippen molar-refractivity contribution >= 4 is 5.69 Å². The molecule has 0 unspecified atom stereocenters. The molecule has 5 aromatic carbocycles. The molecule has 0 fully saturated rings. The third kappa shape index (κ3) is 4.22. The molecule has 0 bridgehead atoms. The third-order valence-electron chi connectivity index (χ3n) is 8.14. The first-order chi connectivity index (χ1) is 20.0. The van der Waals surface area contributed by atoms with Crippen LogP contribution in [0.25, 0.3) is 61.0 Å². The Labute approximate surface area is 240 Å². The Balaban J connectivity index is 1.30. The molecule has 3 nitrogen and oxygen atoms in total. The topological polar surface area (TPSA) is 30.1 Å². The predicted octanol–water partition coefficient (Wildman–Crippen LogP) is 10.0. The van der Waals surface area contributed by atoms with E-state index in [0.29, 0.717) is 11.5 Å². The largest absolute Gasteiger partial charge is 0.238 e. The standard InChI is InChI=1S/C38H27N3/c1-38(2)31-22-21-29(23-30(31)36-32(38)15-10-16-33(36)39-3)25-17-19-27(20-18-25)35-24-34(26-11-6-4-7-12-26)40-37(41-35)28-13-8-5-9-14-28/h4-24H,1-2H3. The highest BCUT2D eigenvalue weighted by atomic mass is 14.9. The predicted molar refractivity (Wildman–Crippen MR) is 168 cm³/mol. The second-order valence-electron chi connectivity index (χ2n) is 11.0. The number of benzene rings is 5. The minimum atomic E-state index is -0.131. The number of aromatic nitrogens is 2. The molecule has 0 aliphatic heterocycles. The first-order valence-electron chi connectivity index (χ1n) is 13.8. The van der Waals surface area contributed by atoms with Crippen molar-refractivity contribution in [1.29, 1.82) is 0 Å². The van der Waals surface area contributed by atoms with Gasteiger partial charge in [-0.15, -0.1) is 0 Å². The van der Waals surface area contributed by atoms with E-state index >= 15 is 0 Å². The summed E-state index contributed by atoms with van der Waals surface area (Å²) in [5.74, 6) is 0.710. The van der Waals surface area contributed by atoms with Crippen LogP contribution in [-0.2, 0) is 5.41 Å². The van der Waals surface area contributed by atoms with E-state index in [1.807, 2.05) is 60.7 Å². The van der Waals surface area contributed by atoms with Crippen molar-refractivity contribution in [2.45, 2.75) is 19.3 Å². The molecule has 1 aromatic heterocycles. The minimum Gasteiger partial charge on any atom is -0.238 e. The van der Waals surface area contributed by atoms with Crippen LogP contribution in [0.3, 0.4) is 0 Å². The molecule has 0 N–H and O–H groups in total. The maximum Gasteiger partial charge on any atom is 0.195 e. The molecule has 1 heterocycles. The van der Waals surface area contributed by atoms with E-state index < -0.39 is 0 Å². The van der Waals surface area contributed by atoms with Crippen LogP contribution < -0.4 is 0 Å². The van der Waals surface area contributed by atoms with Gasteiger partial charge in [-0.25, -0.2) is 14.8 Å². The van der Waals surface area contributed by atoms with Crippen LogP contribution in [0.2, 0.25) is 0 Å². The lowest BCUT2D eigenvalue weighted by atomic mass is 9.82. The summed E-state index contributed by atoms with van der Waals surface area (Å²) in [4.78, 5) is 13.7. The number of hydrogen-bond donors (Lipinski definition) is 0. The molecule has 3 heteroatoms. The van der Waals surface area contributed by atoms with Crippen molar-refractivity contribution in [2.24, 2.45) is 0 Å². The van der Waals surface area contributed by atoms with Gasteiger partial charge in [-0.3, -0.25) is 0 Å². The average Bonchev–Trinajstić information content (AvgIpc) is 3.27. The normalized spacial score (nSPS) is 12.8. The Hall–Kier alpha value is -5.33. The molecule has 0 radical (unpaired) electrons. The zero-order valence-corrected chi connectivity index (χ0v) is 23.0. The maximum atomic E-state index is 7.76. The van der Waals surface area contributed by atoms with E-state index in [0.717, 1.165) is 50.3 Å². The summed E-state index contributed by atoms with van der Waals surface area (Å²) in [7, 11) is 0. The van der Waals surface area contributed by atoms with Crippen molar-refractivity contribution < 1.29 is 0 Å². The van der Waals surface area contributed by atoms with Gasteiger partial charge in [0.1, 0.15) is 0 Å². The Kier molecular flexibility index (Phi) is 5.84. The highest BCUT2D eigenvalue weighted by Gasteiger charge is 2.36. The second kappa shape index (κ2) is 9.70. The fourth-order valence-corrected chi connectivity index (χ4v) is 5.96. The highest BCUT2D eigenvalue weighted by Crippen LogP contribution is 2.53. The number of fused-ring (bicyclic) bond motifs is 3. The van der Waals surface area contributed by atoms with Crippen molar-refractivity contribution in [3.8, 4) is 56.2 Å². The summed E-state index contributed by atoms with van der Waals surface area (Å²) in [6, 6.07) is 43.8. The monoisotopic (exact) mass is 525 g/mol. The molecule has 194 valence electrons. The van der Waals surface area contributed by atoms with Crippen LogP contribution in [0.5, 0.6) is 0 Å². The quantitative estimate of drug-likeness (QED) is 0.214. The molecule has 6 aromatic rings. The van der Waals surface area contributed by atoms with Gasteiger partial charge in [0.2, 0.25) is 0 Å². The Morgan fingerprint density at radius 3 is 1.78 bits per heavy atom. The number of rotatable bonds is 4. The lowest BCUT2D eigenvalue weighted by molar-refractivity contribution is 0.660. The van der Waals surface area contributed by atoms with Gasteiger partial charge < -0.3 is 0 Å². The number of hydrogen-bond acceptors (Lipinski definition) is 2. The van der Waals surface area contributed by atoms with Crippen LogP contribution >= 0.6 is 0 Å². The molecule has 0 saturated carbocycles. The van der Waals surface area contributed by atoms with Crippen LogP contribution in [0.4, 0.5) is 5.69 Å². The summed E-state index contributed by atoms with van der Waals surface area (Å²) in [5, 5.41) is 0. The van der Waals surface area contributed by atoms with Crippen LogP contribution in [0, 0.1) is 6.57 Å². The van der Waals surface area contributed by atoms with Crippen LogP contribution in [0.1, 0.15) is 25.0 Å². The Morgan fingerprint density at radius 1 is 0.537 bits per heavy atom. The Bertz CT molecular complexity index is 1890. The lowest BCUT2D eigenvalue weighted by Crippen LogP contribution is -2.14. The molecule has 0 spiro atoms. The first-order valence-corrected chi connectivity index (χ1v) is 13.8. The summed E-state index contributed by atoms with van der Waals surface area (Å²) in [5.41, 5.74) is 12.4. The third-order valence-corrected chi connectivity index (χ3v) is 8.14. The fraction of sp³-hybridized carbons (Fsp3) is 0.0789. The smallest absolute Gasteiger partial charge is 0.195 e. The second-order valence-corrected chi connectivity index (χ2v) is 11.0. The zero-order chi connectivity index (χ0) is 28.0. The van der Waals surface area contributed by atoms with E-state index in [1.54, 1.807) is 0 Å². The number of nitrogens with zero attached hydrogens (tertiary/aromatic N) is 3. The summed E-state index contributed by atoms with van der Waals surface area (Å²) < 4.78 is 0. The van der Waals surface area contributed by atoms with Gasteiger partial charge >= 0.3 is 0 Å². The van der Waals surface area contributed by atoms with Gasteiger partial charge in [-0.1, -0.05) is 129 Å². The summed E-state index contributed by atoms with van der Waals surface area (Å²) >= 11 is 0. The minimum absolute atomic E-state index is 0.131. The van der Waals surface area contributed by atoms with Gasteiger partial charge in [0.15, 0.2) is 11.5 Å². The van der Waals surface area contributed by atoms with Crippen LogP contribution in [0.15, 0.2) is 127 Å². The summed E-state index contributed by atoms with van der Waals surface area (Å²) in [6.45, 7) is 12.3. The highest BCUT2D eigenvalue weighted by molar-refractivity contribution is 5.92. The average molecular weight is 526 g/mol. The SMILES string of the molecule is [C-]#[N+]c1cccc2c1-c1cc(-c3ccc(-c4cc(-c5ccccc5)nc(-c5ccccc5)n4)cc3)ccc1C2(C)C. The van der Waals surface area contributed by atoms with Crippen molar-refractivity contribution in [3.05, 3.63) is 150 Å². The molecule has 0 amide bonds. The van der Waals surface area contributed by atoms with E-state index in [-0.39, 0.29) is 5.41 Å². The van der Waals surface area contributed by atoms with Gasteiger partial charge in [-0.05, 0) is 45.5 Å². The van der Waals surface area contributed by atoms with E-state index in [2.05, 4.69) is 85.4 Å². The molecule has 7 rings (SSSR count). The molecular formula is C38H27N3. The first kappa shape index (κ1) is 24.7. The summed E-state index contributed by atoms with van der Waals surface area (Å²) in [6.07, 6.45) is 0. The van der Waals surface area contributed by atoms with Crippen LogP contribution in [-0.4, -0.2) is 9.97 Å². The fourth-order valence-electron chi connectivity index (χ4n) is 5.96. The molecule has 41 heavy (non-hydrogen) atoms. The molecule has 0 atom stereocenters. The van der Waals surface area contributed by atoms with Crippen molar-refractivity contribution in [2.75, 3.05) is 0 Å². The van der Waals surface area contributed by atoms with E-state index in [9.17, 15) is 0 Å². The van der Waals surface area contributed by atoms with Gasteiger partial charge in [0.25, 0.3) is 0 Å². The maximum absolute atomic E-state index is 7.76. The van der Waals surface area contributed by atoms with Gasteiger partial charge in [0.05, 0.1) is 18.0 Å².